The second-order valence-electron chi connectivity index (χ2n) is 0. The van der Waals surface area contributed by atoms with Crippen LogP contribution in [0.25, 0.3) is 0 Å². The van der Waals surface area contributed by atoms with Crippen LogP contribution in [0.1, 0.15) is 0 Å². The Balaban J connectivity index is 0. The Hall–Kier alpha value is 0.758. The molecule has 0 aromatic heterocycles. The summed E-state index contributed by atoms with van der Waals surface area (Å²) in [5.41, 5.74) is 0. The molecule has 0 amide bonds. The molecule has 0 rings (SSSR count). The predicted octanol–water partition coefficient (Wildman–Crippen LogP) is -18.4. The van der Waals surface area contributed by atoms with Gasteiger partial charge in [0.05, 0.1) is 0 Å². The molecule has 0 saturated carbocycles. The van der Waals surface area contributed by atoms with Crippen LogP contribution in [0.5, 0.6) is 0 Å². The molecule has 0 aliphatic carbocycles. The maximum absolute atomic E-state index is 0. The average Bonchev–Trinajstić information content (AvgIpc) is 0. The summed E-state index contributed by atoms with van der Waals surface area (Å²) in [7, 11) is 0. The largest absolute Gasteiger partial charge is 3.00 e. The maximum Gasteiger partial charge on any atom is 3.00 e. The Morgan fingerprint density at radius 2 is 0.429 bits per heavy atom. The summed E-state index contributed by atoms with van der Waals surface area (Å²) in [6.07, 6.45) is 0. The van der Waals surface area contributed by atoms with Gasteiger partial charge in [0.25, 0.3) is 0 Å². The summed E-state index contributed by atoms with van der Waals surface area (Å²) in [6, 6.07) is 0. The van der Waals surface area contributed by atoms with E-state index in [1.807, 2.05) is 0 Å². The number of halogens is 6. The minimum atomic E-state index is 0. The number of rotatable bonds is 0. The summed E-state index contributed by atoms with van der Waals surface area (Å²) in [5, 5.41) is 0. The maximum atomic E-state index is 0. The van der Waals surface area contributed by atoms with Crippen molar-refractivity contribution < 1.29 is 35.9 Å². The molecule has 0 unspecified atom stereocenters. The Morgan fingerprint density at radius 1 is 0.429 bits per heavy atom. The first-order valence-corrected chi connectivity index (χ1v) is 0. The van der Waals surface area contributed by atoms with E-state index < -0.39 is 0 Å². The van der Waals surface area contributed by atoms with E-state index in [1.165, 1.54) is 0 Å². The molecule has 0 aliphatic rings. The molecule has 50 valence electrons. The Kier molecular flexibility index (Phi) is 34300. The van der Waals surface area contributed by atoms with Crippen molar-refractivity contribution in [2.75, 3.05) is 0 Å². The molecule has 2 radical (unpaired) electrons. The first-order valence-electron chi connectivity index (χ1n) is 0. The van der Waals surface area contributed by atoms with E-state index in [-0.39, 0.29) is 60.4 Å². The van der Waals surface area contributed by atoms with E-state index in [1.54, 1.807) is 0 Å². The average molecular weight is 252 g/mol. The first kappa shape index (κ1) is 616. The molecular formula is ClF5Sb-3. The van der Waals surface area contributed by atoms with Gasteiger partial charge in [-0.3, -0.25) is 0 Å². The molecule has 0 atom stereocenters. The third kappa shape index (κ3) is 266. The van der Waals surface area contributed by atoms with Crippen LogP contribution in [-0.4, -0.2) is 24.4 Å². The Bertz CT molecular complexity index is 8.04. The van der Waals surface area contributed by atoms with Crippen molar-refractivity contribution in [3.63, 3.8) is 0 Å². The van der Waals surface area contributed by atoms with Crippen LogP contribution in [0.15, 0.2) is 0 Å². The molecule has 0 heterocycles. The van der Waals surface area contributed by atoms with Crippen LogP contribution >= 0.6 is 0 Å². The molecular weight excluding hydrogens is 252 g/mol. The summed E-state index contributed by atoms with van der Waals surface area (Å²) in [5.74, 6) is 0. The topological polar surface area (TPSA) is 0 Å². The normalized spacial score (nSPS) is 0. The van der Waals surface area contributed by atoms with Crippen LogP contribution < -0.4 is 35.9 Å². The molecule has 0 aromatic carbocycles. The van der Waals surface area contributed by atoms with Crippen molar-refractivity contribution in [1.29, 1.82) is 0 Å². The minimum absolute atomic E-state index is 0. The smallest absolute Gasteiger partial charge is 1.00 e. The van der Waals surface area contributed by atoms with Crippen molar-refractivity contribution in [2.24, 2.45) is 0 Å². The SMILES string of the molecule is [Cl-].[F-].[F-].[F-].[F-].[F-].[Sb+3]. The molecule has 0 aliphatic heterocycles. The quantitative estimate of drug-likeness (QED) is 0.297. The summed E-state index contributed by atoms with van der Waals surface area (Å²) < 4.78 is 0. The van der Waals surface area contributed by atoms with Crippen LogP contribution in [0, 0.1) is 0 Å². The van der Waals surface area contributed by atoms with Gasteiger partial charge >= 0.3 is 24.4 Å². The van der Waals surface area contributed by atoms with Crippen LogP contribution in [0.4, 0.5) is 0 Å². The molecule has 0 saturated heterocycles. The third-order valence-electron chi connectivity index (χ3n) is 0. The van der Waals surface area contributed by atoms with Crippen molar-refractivity contribution in [1.82, 2.24) is 0 Å². The van der Waals surface area contributed by atoms with Crippen LogP contribution in [0.3, 0.4) is 0 Å². The van der Waals surface area contributed by atoms with Gasteiger partial charge in [0.15, 0.2) is 0 Å². The van der Waals surface area contributed by atoms with Gasteiger partial charge < -0.3 is 35.9 Å². The zero-order chi connectivity index (χ0) is 0. The monoisotopic (exact) mass is 251 g/mol. The standard InChI is InChI=1S/ClH.5FH.Sb/h6*1H;/q;;;;;;+3/p-6. The van der Waals surface area contributed by atoms with Gasteiger partial charge in [0.1, 0.15) is 0 Å². The first-order chi connectivity index (χ1) is 0. The van der Waals surface area contributed by atoms with Crippen molar-refractivity contribution in [2.45, 2.75) is 0 Å². The number of hydrogen-bond donors (Lipinski definition) is 0. The minimum Gasteiger partial charge on any atom is -1.00 e. The van der Waals surface area contributed by atoms with Gasteiger partial charge in [0.2, 0.25) is 0 Å². The predicted molar refractivity (Wildman–Crippen MR) is 5.75 cm³/mol. The van der Waals surface area contributed by atoms with Crippen LogP contribution in [-0.2, 0) is 0 Å². The van der Waals surface area contributed by atoms with E-state index in [0.717, 1.165) is 0 Å². The fourth-order valence-electron chi connectivity index (χ4n) is 0. The number of hydrogen-bond acceptors (Lipinski definition) is 0. The second kappa shape index (κ2) is 390. The molecule has 0 nitrogen and oxygen atoms in total. The summed E-state index contributed by atoms with van der Waals surface area (Å²) in [6.45, 7) is 0. The molecule has 0 spiro atoms. The van der Waals surface area contributed by atoms with Gasteiger partial charge in [-0.2, -0.15) is 0 Å². The second-order valence-corrected chi connectivity index (χ2v) is 0. The van der Waals surface area contributed by atoms with E-state index in [2.05, 4.69) is 0 Å². The van der Waals surface area contributed by atoms with Gasteiger partial charge in [-0.05, 0) is 0 Å². The molecule has 0 aromatic rings. The molecule has 7 heavy (non-hydrogen) atoms. The molecule has 0 fully saturated rings. The van der Waals surface area contributed by atoms with E-state index in [0.29, 0.717) is 0 Å². The molecule has 7 heteroatoms. The van der Waals surface area contributed by atoms with E-state index >= 15 is 0 Å². The molecule has 0 N–H and O–H groups in total. The van der Waals surface area contributed by atoms with Gasteiger partial charge in [0, 0.05) is 0 Å². The van der Waals surface area contributed by atoms with Gasteiger partial charge in [-0.15, -0.1) is 0 Å². The fraction of sp³-hybridized carbons (Fsp3) is 0. The van der Waals surface area contributed by atoms with E-state index in [4.69, 9.17) is 0 Å². The van der Waals surface area contributed by atoms with Crippen LogP contribution in [0.2, 0.25) is 0 Å². The summed E-state index contributed by atoms with van der Waals surface area (Å²) in [4.78, 5) is 0. The zero-order valence-corrected chi connectivity index (χ0v) is 6.02. The fourth-order valence-corrected chi connectivity index (χ4v) is 0. The summed E-state index contributed by atoms with van der Waals surface area (Å²) >= 11 is 0. The molecule has 0 bridgehead atoms. The van der Waals surface area contributed by atoms with Crippen molar-refractivity contribution >= 4 is 24.4 Å². The van der Waals surface area contributed by atoms with E-state index in [9.17, 15) is 0 Å². The van der Waals surface area contributed by atoms with Gasteiger partial charge in [-0.25, -0.2) is 0 Å². The zero-order valence-electron chi connectivity index (χ0n) is 2.72. The van der Waals surface area contributed by atoms with Crippen molar-refractivity contribution in [3.05, 3.63) is 0 Å². The van der Waals surface area contributed by atoms with Crippen molar-refractivity contribution in [3.8, 4) is 0 Å². The third-order valence-corrected chi connectivity index (χ3v) is 0. The Labute approximate surface area is 60.7 Å². The Morgan fingerprint density at radius 3 is 0.429 bits per heavy atom. The van der Waals surface area contributed by atoms with Gasteiger partial charge in [-0.1, -0.05) is 0 Å².